The quantitative estimate of drug-likeness (QED) is 0.523. The monoisotopic (exact) mass is 341 g/mol. The van der Waals surface area contributed by atoms with Crippen molar-refractivity contribution < 1.29 is 13.3 Å². The van der Waals surface area contributed by atoms with Crippen molar-refractivity contribution in [1.29, 1.82) is 0 Å². The van der Waals surface area contributed by atoms with Crippen LogP contribution in [-0.2, 0) is 10.0 Å². The molecule has 1 aromatic carbocycles. The topological polar surface area (TPSA) is 102 Å². The van der Waals surface area contributed by atoms with Crippen molar-refractivity contribution in [2.24, 2.45) is 0 Å². The maximum Gasteiger partial charge on any atom is 0.293 e. The average Bonchev–Trinajstić information content (AvgIpc) is 2.42. The van der Waals surface area contributed by atoms with Crippen molar-refractivity contribution >= 4 is 33.0 Å². The van der Waals surface area contributed by atoms with Gasteiger partial charge >= 0.3 is 0 Å². The molecule has 0 saturated heterocycles. The van der Waals surface area contributed by atoms with Crippen molar-refractivity contribution in [3.63, 3.8) is 0 Å². The second-order valence-electron chi connectivity index (χ2n) is 4.63. The molecular weight excluding hydrogens is 330 g/mol. The molecule has 0 spiro atoms. The number of aryl methyl sites for hydroxylation is 2. The Bertz CT molecular complexity index is 835. The van der Waals surface area contributed by atoms with E-state index in [2.05, 4.69) is 9.71 Å². The van der Waals surface area contributed by atoms with Gasteiger partial charge in [-0.25, -0.2) is 13.4 Å². The van der Waals surface area contributed by atoms with E-state index in [1.165, 1.54) is 24.3 Å². The summed E-state index contributed by atoms with van der Waals surface area (Å²) in [4.78, 5) is 14.0. The molecule has 7 nitrogen and oxygen atoms in total. The summed E-state index contributed by atoms with van der Waals surface area (Å²) >= 11 is 5.61. The number of aromatic nitrogens is 1. The molecule has 1 aromatic heterocycles. The van der Waals surface area contributed by atoms with Crippen LogP contribution in [0.5, 0.6) is 0 Å². The van der Waals surface area contributed by atoms with Gasteiger partial charge in [-0.05, 0) is 43.2 Å². The Morgan fingerprint density at radius 2 is 1.86 bits per heavy atom. The highest BCUT2D eigenvalue weighted by Gasteiger charge is 2.22. The van der Waals surface area contributed by atoms with Gasteiger partial charge in [0.25, 0.3) is 15.7 Å². The van der Waals surface area contributed by atoms with Crippen LogP contribution in [0.15, 0.2) is 35.4 Å². The summed E-state index contributed by atoms with van der Waals surface area (Å²) in [6.45, 7) is 3.45. The standard InChI is InChI=1S/C13H12ClN3O4S/c1-8-5-11(12(17(18)19)6-9(8)2)16-22(20,21)10-3-4-13(14)15-7-10/h3-7,16H,1-2H3. The van der Waals surface area contributed by atoms with Crippen LogP contribution in [0.3, 0.4) is 0 Å². The zero-order valence-electron chi connectivity index (χ0n) is 11.7. The molecule has 0 aliphatic rings. The predicted octanol–water partition coefficient (Wildman–Crippen LogP) is 3.06. The van der Waals surface area contributed by atoms with E-state index in [1.54, 1.807) is 13.8 Å². The van der Waals surface area contributed by atoms with Gasteiger partial charge < -0.3 is 0 Å². The summed E-state index contributed by atoms with van der Waals surface area (Å²) in [5.41, 5.74) is 1.02. The fraction of sp³-hybridized carbons (Fsp3) is 0.154. The Hall–Kier alpha value is -2.19. The maximum atomic E-state index is 12.3. The van der Waals surface area contributed by atoms with Gasteiger partial charge in [-0.2, -0.15) is 0 Å². The number of anilines is 1. The van der Waals surface area contributed by atoms with E-state index in [1.807, 2.05) is 0 Å². The Kier molecular flexibility index (Phi) is 4.34. The maximum absolute atomic E-state index is 12.3. The first kappa shape index (κ1) is 16.2. The number of nitro benzene ring substituents is 1. The van der Waals surface area contributed by atoms with Gasteiger partial charge in [0.2, 0.25) is 0 Å². The lowest BCUT2D eigenvalue weighted by molar-refractivity contribution is -0.383. The molecule has 0 fully saturated rings. The third-order valence-electron chi connectivity index (χ3n) is 3.06. The third kappa shape index (κ3) is 3.34. The molecule has 0 amide bonds. The van der Waals surface area contributed by atoms with Crippen LogP contribution in [0.25, 0.3) is 0 Å². The molecule has 0 atom stereocenters. The lowest BCUT2D eigenvalue weighted by Crippen LogP contribution is -2.14. The minimum absolute atomic E-state index is 0.0944. The number of benzene rings is 1. The highest BCUT2D eigenvalue weighted by atomic mass is 35.5. The van der Waals surface area contributed by atoms with E-state index in [9.17, 15) is 18.5 Å². The fourth-order valence-electron chi connectivity index (χ4n) is 1.76. The minimum atomic E-state index is -3.99. The fourth-order valence-corrected chi connectivity index (χ4v) is 2.88. The third-order valence-corrected chi connectivity index (χ3v) is 4.64. The first-order chi connectivity index (χ1) is 10.2. The molecule has 22 heavy (non-hydrogen) atoms. The van der Waals surface area contributed by atoms with Crippen LogP contribution in [0.4, 0.5) is 11.4 Å². The number of pyridine rings is 1. The second-order valence-corrected chi connectivity index (χ2v) is 6.70. The second kappa shape index (κ2) is 5.90. The summed E-state index contributed by atoms with van der Waals surface area (Å²) in [6, 6.07) is 5.34. The molecule has 9 heteroatoms. The van der Waals surface area contributed by atoms with Gasteiger partial charge in [-0.15, -0.1) is 0 Å². The predicted molar refractivity (Wildman–Crippen MR) is 82.6 cm³/mol. The van der Waals surface area contributed by atoms with Crippen LogP contribution < -0.4 is 4.72 Å². The van der Waals surface area contributed by atoms with Crippen LogP contribution >= 0.6 is 11.6 Å². The van der Waals surface area contributed by atoms with Gasteiger partial charge in [-0.3, -0.25) is 14.8 Å². The summed E-state index contributed by atoms with van der Waals surface area (Å²) in [7, 11) is -3.99. The molecule has 2 rings (SSSR count). The lowest BCUT2D eigenvalue weighted by atomic mass is 10.1. The van der Waals surface area contributed by atoms with E-state index in [-0.39, 0.29) is 21.4 Å². The summed E-state index contributed by atoms with van der Waals surface area (Å²) in [5, 5.41) is 11.2. The van der Waals surface area contributed by atoms with Gasteiger partial charge in [0.15, 0.2) is 0 Å². The van der Waals surface area contributed by atoms with Crippen molar-refractivity contribution in [2.75, 3.05) is 4.72 Å². The number of hydrogen-bond acceptors (Lipinski definition) is 5. The largest absolute Gasteiger partial charge is 0.293 e. The first-order valence-electron chi connectivity index (χ1n) is 6.11. The van der Waals surface area contributed by atoms with Gasteiger partial charge in [0.05, 0.1) is 4.92 Å². The summed E-state index contributed by atoms with van der Waals surface area (Å²) < 4.78 is 26.8. The molecule has 0 radical (unpaired) electrons. The number of nitrogens with one attached hydrogen (secondary N) is 1. The van der Waals surface area contributed by atoms with Crippen molar-refractivity contribution in [3.8, 4) is 0 Å². The number of halogens is 1. The molecule has 2 aromatic rings. The molecular formula is C13H12ClN3O4S. The van der Waals surface area contributed by atoms with E-state index < -0.39 is 14.9 Å². The average molecular weight is 342 g/mol. The zero-order chi connectivity index (χ0) is 16.5. The van der Waals surface area contributed by atoms with Crippen LogP contribution in [-0.4, -0.2) is 18.3 Å². The van der Waals surface area contributed by atoms with E-state index in [0.29, 0.717) is 5.56 Å². The molecule has 0 aliphatic carbocycles. The molecule has 1 N–H and O–H groups in total. The van der Waals surface area contributed by atoms with Crippen LogP contribution in [0.2, 0.25) is 5.15 Å². The van der Waals surface area contributed by atoms with Gasteiger partial charge in [0, 0.05) is 12.3 Å². The van der Waals surface area contributed by atoms with Gasteiger partial charge in [-0.1, -0.05) is 11.6 Å². The van der Waals surface area contributed by atoms with E-state index in [4.69, 9.17) is 11.6 Å². The SMILES string of the molecule is Cc1cc(NS(=O)(=O)c2ccc(Cl)nc2)c([N+](=O)[O-])cc1C. The molecule has 1 heterocycles. The van der Waals surface area contributed by atoms with Crippen molar-refractivity contribution in [2.45, 2.75) is 18.7 Å². The van der Waals surface area contributed by atoms with Crippen LogP contribution in [0, 0.1) is 24.0 Å². The highest BCUT2D eigenvalue weighted by molar-refractivity contribution is 7.92. The lowest BCUT2D eigenvalue weighted by Gasteiger charge is -2.10. The number of nitrogens with zero attached hydrogens (tertiary/aromatic N) is 2. The number of rotatable bonds is 4. The first-order valence-corrected chi connectivity index (χ1v) is 7.97. The Morgan fingerprint density at radius 3 is 2.41 bits per heavy atom. The zero-order valence-corrected chi connectivity index (χ0v) is 13.3. The van der Waals surface area contributed by atoms with E-state index >= 15 is 0 Å². The van der Waals surface area contributed by atoms with E-state index in [0.717, 1.165) is 11.8 Å². The Morgan fingerprint density at radius 1 is 1.23 bits per heavy atom. The molecule has 0 saturated carbocycles. The minimum Gasteiger partial charge on any atom is -0.273 e. The van der Waals surface area contributed by atoms with Crippen LogP contribution in [0.1, 0.15) is 11.1 Å². The number of hydrogen-bond donors (Lipinski definition) is 1. The number of sulfonamides is 1. The molecule has 0 aliphatic heterocycles. The summed E-state index contributed by atoms with van der Waals surface area (Å²) in [5.74, 6) is 0. The molecule has 116 valence electrons. The normalized spacial score (nSPS) is 11.2. The molecule has 0 bridgehead atoms. The van der Waals surface area contributed by atoms with Crippen molar-refractivity contribution in [3.05, 3.63) is 56.9 Å². The van der Waals surface area contributed by atoms with Gasteiger partial charge in [0.1, 0.15) is 15.7 Å². The number of nitro groups is 1. The Labute approximate surface area is 132 Å². The highest BCUT2D eigenvalue weighted by Crippen LogP contribution is 2.29. The molecule has 0 unspecified atom stereocenters. The Balaban J connectivity index is 2.47. The smallest absolute Gasteiger partial charge is 0.273 e. The summed E-state index contributed by atoms with van der Waals surface area (Å²) in [6.07, 6.45) is 1.08. The van der Waals surface area contributed by atoms with Crippen molar-refractivity contribution in [1.82, 2.24) is 4.98 Å².